The third kappa shape index (κ3) is 4.89. The Morgan fingerprint density at radius 3 is 2.56 bits per heavy atom. The minimum Gasteiger partial charge on any atom is -0.480 e. The molecule has 1 saturated heterocycles. The number of aliphatic hydroxyl groups is 1. The molecular formula is C10H19NO5. The summed E-state index contributed by atoms with van der Waals surface area (Å²) in [5.74, 6) is -1.01. The quantitative estimate of drug-likeness (QED) is 0.568. The molecule has 1 heterocycles. The van der Waals surface area contributed by atoms with Crippen LogP contribution in [0.15, 0.2) is 0 Å². The van der Waals surface area contributed by atoms with Crippen LogP contribution in [0.5, 0.6) is 0 Å². The Hall–Kier alpha value is -0.690. The van der Waals surface area contributed by atoms with Crippen molar-refractivity contribution in [2.45, 2.75) is 32.8 Å². The van der Waals surface area contributed by atoms with Crippen molar-refractivity contribution in [2.24, 2.45) is 5.41 Å². The Bertz CT molecular complexity index is 233. The topological polar surface area (TPSA) is 88.0 Å². The lowest BCUT2D eigenvalue weighted by Crippen LogP contribution is -2.42. The van der Waals surface area contributed by atoms with Crippen LogP contribution in [0.4, 0.5) is 0 Å². The van der Waals surface area contributed by atoms with Crippen LogP contribution in [0, 0.1) is 5.41 Å². The van der Waals surface area contributed by atoms with Crippen molar-refractivity contribution in [3.63, 3.8) is 0 Å². The van der Waals surface area contributed by atoms with Gasteiger partial charge in [0.2, 0.25) is 0 Å². The molecule has 6 nitrogen and oxygen atoms in total. The molecule has 1 aliphatic heterocycles. The van der Waals surface area contributed by atoms with E-state index < -0.39 is 18.5 Å². The molecule has 0 radical (unpaired) electrons. The first-order valence-electron chi connectivity index (χ1n) is 5.25. The van der Waals surface area contributed by atoms with Gasteiger partial charge in [-0.15, -0.1) is 0 Å². The van der Waals surface area contributed by atoms with E-state index in [1.54, 1.807) is 0 Å². The number of carbonyl (C=O) groups is 1. The summed E-state index contributed by atoms with van der Waals surface area (Å²) >= 11 is 0. The first-order chi connectivity index (χ1) is 7.39. The van der Waals surface area contributed by atoms with Gasteiger partial charge < -0.3 is 19.7 Å². The van der Waals surface area contributed by atoms with Gasteiger partial charge in [0.15, 0.2) is 6.29 Å². The average molecular weight is 233 g/mol. The first-order valence-corrected chi connectivity index (χ1v) is 5.25. The summed E-state index contributed by atoms with van der Waals surface area (Å²) in [5, 5.41) is 20.3. The molecule has 1 unspecified atom stereocenters. The maximum absolute atomic E-state index is 10.2. The zero-order chi connectivity index (χ0) is 12.2. The van der Waals surface area contributed by atoms with Crippen LogP contribution in [-0.2, 0) is 14.3 Å². The molecule has 0 saturated carbocycles. The average Bonchev–Trinajstić information content (AvgIpc) is 2.18. The molecule has 0 spiro atoms. The molecule has 0 aliphatic carbocycles. The molecule has 1 aliphatic rings. The van der Waals surface area contributed by atoms with E-state index in [2.05, 4.69) is 5.32 Å². The van der Waals surface area contributed by atoms with Crippen LogP contribution < -0.4 is 5.32 Å². The van der Waals surface area contributed by atoms with Gasteiger partial charge in [-0.05, 0) is 0 Å². The molecule has 16 heavy (non-hydrogen) atoms. The number of rotatable bonds is 5. The maximum atomic E-state index is 10.2. The monoisotopic (exact) mass is 233 g/mol. The molecule has 1 fully saturated rings. The second-order valence-corrected chi connectivity index (χ2v) is 4.74. The highest BCUT2D eigenvalue weighted by atomic mass is 16.7. The van der Waals surface area contributed by atoms with E-state index >= 15 is 0 Å². The van der Waals surface area contributed by atoms with Gasteiger partial charge in [0, 0.05) is 11.8 Å². The van der Waals surface area contributed by atoms with E-state index in [4.69, 9.17) is 14.6 Å². The fraction of sp³-hybridized carbons (Fsp3) is 0.900. The minimum atomic E-state index is -1.01. The van der Waals surface area contributed by atoms with Gasteiger partial charge in [0.05, 0.1) is 19.8 Å². The van der Waals surface area contributed by atoms with Gasteiger partial charge in [0.1, 0.15) is 6.23 Å². The molecule has 0 bridgehead atoms. The van der Waals surface area contributed by atoms with Crippen LogP contribution >= 0.6 is 0 Å². The molecule has 0 amide bonds. The van der Waals surface area contributed by atoms with E-state index in [1.807, 2.05) is 13.8 Å². The van der Waals surface area contributed by atoms with Crippen molar-refractivity contribution in [3.05, 3.63) is 0 Å². The van der Waals surface area contributed by atoms with Gasteiger partial charge in [-0.2, -0.15) is 0 Å². The molecule has 1 atom stereocenters. The van der Waals surface area contributed by atoms with Gasteiger partial charge >= 0.3 is 5.97 Å². The van der Waals surface area contributed by atoms with Crippen LogP contribution in [0.1, 0.15) is 20.3 Å². The SMILES string of the molecule is CC1(C)COC(CC(O)NCC(=O)O)OC1. The summed E-state index contributed by atoms with van der Waals surface area (Å²) in [4.78, 5) is 10.2. The fourth-order valence-corrected chi connectivity index (χ4v) is 1.33. The van der Waals surface area contributed by atoms with E-state index in [1.165, 1.54) is 0 Å². The van der Waals surface area contributed by atoms with Crippen LogP contribution in [0.25, 0.3) is 0 Å². The van der Waals surface area contributed by atoms with E-state index in [9.17, 15) is 9.90 Å². The van der Waals surface area contributed by atoms with Crippen LogP contribution in [-0.4, -0.2) is 48.5 Å². The lowest BCUT2D eigenvalue weighted by molar-refractivity contribution is -0.232. The summed E-state index contributed by atoms with van der Waals surface area (Å²) in [7, 11) is 0. The fourth-order valence-electron chi connectivity index (χ4n) is 1.33. The Kier molecular flexibility index (Phi) is 4.67. The summed E-state index contributed by atoms with van der Waals surface area (Å²) in [6.07, 6.45) is -1.17. The zero-order valence-electron chi connectivity index (χ0n) is 9.60. The lowest BCUT2D eigenvalue weighted by Gasteiger charge is -2.35. The van der Waals surface area contributed by atoms with Crippen LogP contribution in [0.3, 0.4) is 0 Å². The van der Waals surface area contributed by atoms with Crippen molar-refractivity contribution in [1.29, 1.82) is 0 Å². The predicted octanol–water partition coefficient (Wildman–Crippen LogP) is -0.232. The van der Waals surface area contributed by atoms with E-state index in [0.29, 0.717) is 13.2 Å². The summed E-state index contributed by atoms with van der Waals surface area (Å²) in [5.41, 5.74) is -0.00402. The Morgan fingerprint density at radius 2 is 2.06 bits per heavy atom. The number of aliphatic hydroxyl groups excluding tert-OH is 1. The number of nitrogens with one attached hydrogen (secondary N) is 1. The molecule has 0 aromatic carbocycles. The molecule has 1 rings (SSSR count). The molecule has 0 aromatic rings. The molecule has 3 N–H and O–H groups in total. The van der Waals surface area contributed by atoms with Gasteiger partial charge in [-0.3, -0.25) is 10.1 Å². The predicted molar refractivity (Wildman–Crippen MR) is 55.7 cm³/mol. The minimum absolute atomic E-state index is 0.00402. The number of hydrogen-bond donors (Lipinski definition) is 3. The molecular weight excluding hydrogens is 214 g/mol. The van der Waals surface area contributed by atoms with Crippen molar-refractivity contribution in [3.8, 4) is 0 Å². The Morgan fingerprint density at radius 1 is 1.50 bits per heavy atom. The summed E-state index contributed by atoms with van der Waals surface area (Å²) in [6.45, 7) is 4.93. The maximum Gasteiger partial charge on any atom is 0.317 e. The summed E-state index contributed by atoms with van der Waals surface area (Å²) < 4.78 is 10.8. The van der Waals surface area contributed by atoms with E-state index in [0.717, 1.165) is 0 Å². The summed E-state index contributed by atoms with van der Waals surface area (Å²) in [6, 6.07) is 0. The lowest BCUT2D eigenvalue weighted by atomic mass is 9.95. The smallest absolute Gasteiger partial charge is 0.317 e. The van der Waals surface area contributed by atoms with E-state index in [-0.39, 0.29) is 18.4 Å². The molecule has 94 valence electrons. The zero-order valence-corrected chi connectivity index (χ0v) is 9.60. The largest absolute Gasteiger partial charge is 0.480 e. The number of carboxylic acids is 1. The third-order valence-electron chi connectivity index (χ3n) is 2.22. The molecule has 6 heteroatoms. The number of ether oxygens (including phenoxy) is 2. The van der Waals surface area contributed by atoms with Crippen molar-refractivity contribution in [1.82, 2.24) is 5.32 Å². The second kappa shape index (κ2) is 5.58. The first kappa shape index (κ1) is 13.4. The number of carboxylic acid groups (broad SMARTS) is 1. The van der Waals surface area contributed by atoms with Gasteiger partial charge in [-0.1, -0.05) is 13.8 Å². The number of aliphatic carboxylic acids is 1. The van der Waals surface area contributed by atoms with Gasteiger partial charge in [-0.25, -0.2) is 0 Å². The third-order valence-corrected chi connectivity index (χ3v) is 2.22. The Labute approximate surface area is 94.5 Å². The second-order valence-electron chi connectivity index (χ2n) is 4.74. The van der Waals surface area contributed by atoms with Crippen molar-refractivity contribution < 1.29 is 24.5 Å². The van der Waals surface area contributed by atoms with Crippen molar-refractivity contribution >= 4 is 5.97 Å². The standard InChI is InChI=1S/C10H19NO5/c1-10(2)5-15-9(16-6-10)3-7(12)11-4-8(13)14/h7,9,11-12H,3-6H2,1-2H3,(H,13,14). The highest BCUT2D eigenvalue weighted by Gasteiger charge is 2.29. The van der Waals surface area contributed by atoms with Crippen LogP contribution in [0.2, 0.25) is 0 Å². The number of hydrogen-bond acceptors (Lipinski definition) is 5. The highest BCUT2D eigenvalue weighted by molar-refractivity contribution is 5.69. The highest BCUT2D eigenvalue weighted by Crippen LogP contribution is 2.24. The van der Waals surface area contributed by atoms with Gasteiger partial charge in [0.25, 0.3) is 0 Å². The molecule has 0 aromatic heterocycles. The van der Waals surface area contributed by atoms with Crippen molar-refractivity contribution in [2.75, 3.05) is 19.8 Å². The Balaban J connectivity index is 2.20. The normalized spacial score (nSPS) is 22.9.